The number of benzodiazepines with no additional fused rings is 1. The molecular weight excluding hydrogens is 487 g/mol. The van der Waals surface area contributed by atoms with Gasteiger partial charge in [0, 0.05) is 46.9 Å². The molecule has 0 saturated heterocycles. The molecule has 1 unspecified atom stereocenters. The number of benzene rings is 3. The van der Waals surface area contributed by atoms with Crippen molar-refractivity contribution in [1.29, 1.82) is 0 Å². The van der Waals surface area contributed by atoms with Crippen LogP contribution in [-0.4, -0.2) is 44.0 Å². The molecule has 3 amide bonds. The summed E-state index contributed by atoms with van der Waals surface area (Å²) in [6.45, 7) is 0.832. The van der Waals surface area contributed by atoms with E-state index in [1.807, 2.05) is 30.3 Å². The number of methoxy groups -OCH3 is 1. The number of amides is 3. The van der Waals surface area contributed by atoms with E-state index in [1.165, 1.54) is 0 Å². The number of fused-ring (bicyclic) bond motifs is 1. The lowest BCUT2D eigenvalue weighted by Gasteiger charge is -2.13. The van der Waals surface area contributed by atoms with Crippen LogP contribution in [0.15, 0.2) is 71.7 Å². The Bertz CT molecular complexity index is 1260. The molecule has 1 heterocycles. The second kappa shape index (κ2) is 11.4. The van der Waals surface area contributed by atoms with Crippen LogP contribution < -0.4 is 16.0 Å². The number of hydrogen-bond acceptors (Lipinski definition) is 4. The minimum atomic E-state index is -0.694. The number of aliphatic imine (C=N–C) groups is 1. The molecule has 0 aliphatic carbocycles. The summed E-state index contributed by atoms with van der Waals surface area (Å²) in [5.41, 5.74) is 4.19. The Morgan fingerprint density at radius 3 is 2.60 bits per heavy atom. The summed E-state index contributed by atoms with van der Waals surface area (Å²) in [5.74, 6) is -0.227. The van der Waals surface area contributed by atoms with Gasteiger partial charge in [-0.05, 0) is 42.0 Å². The molecule has 35 heavy (non-hydrogen) atoms. The van der Waals surface area contributed by atoms with Crippen LogP contribution in [0, 0.1) is 0 Å². The minimum absolute atomic E-state index is 0.227. The molecule has 3 aromatic rings. The third kappa shape index (κ3) is 6.19. The highest BCUT2D eigenvalue weighted by Crippen LogP contribution is 2.29. The number of anilines is 2. The van der Waals surface area contributed by atoms with Crippen LogP contribution >= 0.6 is 23.2 Å². The van der Waals surface area contributed by atoms with Gasteiger partial charge < -0.3 is 20.7 Å². The monoisotopic (exact) mass is 510 g/mol. The van der Waals surface area contributed by atoms with E-state index in [2.05, 4.69) is 16.0 Å². The summed E-state index contributed by atoms with van der Waals surface area (Å²) in [5, 5.41) is 9.57. The highest BCUT2D eigenvalue weighted by atomic mass is 35.5. The van der Waals surface area contributed by atoms with Gasteiger partial charge in [0.25, 0.3) is 0 Å². The maximum absolute atomic E-state index is 13.1. The molecule has 9 heteroatoms. The number of carbonyl (C=O) groups excluding carboxylic acids is 2. The normalized spacial score (nSPS) is 14.9. The van der Waals surface area contributed by atoms with E-state index < -0.39 is 6.04 Å². The largest absolute Gasteiger partial charge is 0.383 e. The fraction of sp³-hybridized carbons (Fsp3) is 0.192. The minimum Gasteiger partial charge on any atom is -0.383 e. The molecule has 4 rings (SSSR count). The number of halogens is 2. The average Bonchev–Trinajstić information content (AvgIpc) is 2.97. The molecule has 1 aliphatic heterocycles. The van der Waals surface area contributed by atoms with Crippen LogP contribution in [0.1, 0.15) is 16.7 Å². The zero-order chi connectivity index (χ0) is 24.8. The Morgan fingerprint density at radius 1 is 1.09 bits per heavy atom. The Labute approximate surface area is 213 Å². The molecule has 0 fully saturated rings. The predicted octanol–water partition coefficient (Wildman–Crippen LogP) is 5.16. The van der Waals surface area contributed by atoms with Gasteiger partial charge in [0.1, 0.15) is 6.04 Å². The lowest BCUT2D eigenvalue weighted by Crippen LogP contribution is -2.31. The molecule has 1 atom stereocenters. The van der Waals surface area contributed by atoms with Crippen LogP contribution in [0.5, 0.6) is 0 Å². The first-order valence-corrected chi connectivity index (χ1v) is 11.8. The van der Waals surface area contributed by atoms with Crippen molar-refractivity contribution in [2.24, 2.45) is 4.99 Å². The lowest BCUT2D eigenvalue weighted by atomic mass is 10.00. The quantitative estimate of drug-likeness (QED) is 0.383. The molecule has 1 aliphatic rings. The van der Waals surface area contributed by atoms with Crippen molar-refractivity contribution in [1.82, 2.24) is 5.32 Å². The summed E-state index contributed by atoms with van der Waals surface area (Å²) in [6, 6.07) is 18.9. The van der Waals surface area contributed by atoms with Gasteiger partial charge >= 0.3 is 6.03 Å². The maximum atomic E-state index is 13.1. The number of urea groups is 1. The van der Waals surface area contributed by atoms with Gasteiger partial charge in [-0.25, -0.2) is 4.79 Å². The van der Waals surface area contributed by atoms with Crippen molar-refractivity contribution < 1.29 is 14.3 Å². The molecule has 7 nitrogen and oxygen atoms in total. The molecule has 0 saturated carbocycles. The van der Waals surface area contributed by atoms with Gasteiger partial charge in [0.15, 0.2) is 0 Å². The summed E-state index contributed by atoms with van der Waals surface area (Å²) >= 11 is 12.6. The lowest BCUT2D eigenvalue weighted by molar-refractivity contribution is -0.117. The van der Waals surface area contributed by atoms with Gasteiger partial charge in [0.2, 0.25) is 5.91 Å². The third-order valence-electron chi connectivity index (χ3n) is 5.46. The molecule has 0 radical (unpaired) electrons. The van der Waals surface area contributed by atoms with Crippen LogP contribution in [0.3, 0.4) is 0 Å². The van der Waals surface area contributed by atoms with E-state index in [4.69, 9.17) is 32.9 Å². The topological polar surface area (TPSA) is 91.8 Å². The molecular formula is C26H24Cl2N4O3. The van der Waals surface area contributed by atoms with Gasteiger partial charge in [0.05, 0.1) is 18.0 Å². The first-order valence-electron chi connectivity index (χ1n) is 11.0. The first kappa shape index (κ1) is 24.7. The number of hydrogen-bond donors (Lipinski definition) is 3. The van der Waals surface area contributed by atoms with Crippen molar-refractivity contribution in [3.8, 4) is 0 Å². The standard InChI is InChI=1S/C26H24Cl2N4O3/c1-35-13-12-29-26(34)30-19-9-6-16(7-10-19)24-20-15-18(27)8-11-22(20)32-25(33)23(31-24)14-17-4-2-3-5-21(17)28/h2-11,15,23H,12-14H2,1H3,(H,32,33)(H2,29,30,34). The SMILES string of the molecule is COCCNC(=O)Nc1ccc(C2=NC(Cc3ccccc3Cl)C(=O)Nc3ccc(Cl)cc32)cc1. The number of nitrogens with zero attached hydrogens (tertiary/aromatic N) is 1. The van der Waals surface area contributed by atoms with E-state index in [-0.39, 0.29) is 11.9 Å². The number of carbonyl (C=O) groups is 2. The van der Waals surface area contributed by atoms with Crippen molar-refractivity contribution >= 4 is 52.2 Å². The van der Waals surface area contributed by atoms with Gasteiger partial charge in [-0.2, -0.15) is 0 Å². The Morgan fingerprint density at radius 2 is 1.86 bits per heavy atom. The number of nitrogens with one attached hydrogen (secondary N) is 3. The van der Waals surface area contributed by atoms with Crippen molar-refractivity contribution in [2.45, 2.75) is 12.5 Å². The molecule has 0 bridgehead atoms. The van der Waals surface area contributed by atoms with E-state index in [9.17, 15) is 9.59 Å². The first-order chi connectivity index (χ1) is 16.9. The van der Waals surface area contributed by atoms with E-state index in [0.29, 0.717) is 52.3 Å². The van der Waals surface area contributed by atoms with Crippen LogP contribution in [-0.2, 0) is 16.0 Å². The highest BCUT2D eigenvalue weighted by molar-refractivity contribution is 6.32. The van der Waals surface area contributed by atoms with Gasteiger partial charge in [-0.1, -0.05) is 53.5 Å². The fourth-order valence-electron chi connectivity index (χ4n) is 3.72. The zero-order valence-electron chi connectivity index (χ0n) is 19.0. The van der Waals surface area contributed by atoms with Gasteiger partial charge in [-0.15, -0.1) is 0 Å². The summed E-state index contributed by atoms with van der Waals surface area (Å²) in [6.07, 6.45) is 0.345. The molecule has 3 N–H and O–H groups in total. The predicted molar refractivity (Wildman–Crippen MR) is 140 cm³/mol. The summed E-state index contributed by atoms with van der Waals surface area (Å²) in [7, 11) is 1.57. The number of rotatable bonds is 7. The molecule has 0 spiro atoms. The van der Waals surface area contributed by atoms with Crippen molar-refractivity contribution in [3.05, 3.63) is 93.5 Å². The van der Waals surface area contributed by atoms with E-state index >= 15 is 0 Å². The summed E-state index contributed by atoms with van der Waals surface area (Å²) < 4.78 is 4.93. The molecule has 0 aromatic heterocycles. The van der Waals surface area contributed by atoms with Crippen molar-refractivity contribution in [3.63, 3.8) is 0 Å². The smallest absolute Gasteiger partial charge is 0.319 e. The van der Waals surface area contributed by atoms with Crippen LogP contribution in [0.4, 0.5) is 16.2 Å². The van der Waals surface area contributed by atoms with Crippen molar-refractivity contribution in [2.75, 3.05) is 30.9 Å². The van der Waals surface area contributed by atoms with Crippen LogP contribution in [0.25, 0.3) is 0 Å². The number of ether oxygens (including phenoxy) is 1. The second-order valence-electron chi connectivity index (χ2n) is 7.92. The zero-order valence-corrected chi connectivity index (χ0v) is 20.5. The van der Waals surface area contributed by atoms with E-state index in [1.54, 1.807) is 43.5 Å². The van der Waals surface area contributed by atoms with E-state index in [0.717, 1.165) is 11.1 Å². The molecule has 180 valence electrons. The average molecular weight is 511 g/mol. The Balaban J connectivity index is 1.65. The fourth-order valence-corrected chi connectivity index (χ4v) is 4.10. The Hall–Kier alpha value is -3.39. The highest BCUT2D eigenvalue weighted by Gasteiger charge is 2.27. The third-order valence-corrected chi connectivity index (χ3v) is 6.07. The second-order valence-corrected chi connectivity index (χ2v) is 8.76. The molecule has 3 aromatic carbocycles. The summed E-state index contributed by atoms with van der Waals surface area (Å²) in [4.78, 5) is 30.0. The maximum Gasteiger partial charge on any atom is 0.319 e. The van der Waals surface area contributed by atoms with Gasteiger partial charge in [-0.3, -0.25) is 9.79 Å². The Kier molecular flexibility index (Phi) is 8.02. The van der Waals surface area contributed by atoms with Crippen LogP contribution in [0.2, 0.25) is 10.0 Å².